The highest BCUT2D eigenvalue weighted by molar-refractivity contribution is 5.67. The molecule has 0 aliphatic heterocycles. The molecule has 0 fully saturated rings. The summed E-state index contributed by atoms with van der Waals surface area (Å²) in [7, 11) is 0. The van der Waals surface area contributed by atoms with Crippen molar-refractivity contribution in [3.8, 4) is 0 Å². The molecule has 0 aromatic rings. The number of carbonyl (C=O) groups excluding carboxylic acids is 1. The first-order valence-corrected chi connectivity index (χ1v) is 10.5. The summed E-state index contributed by atoms with van der Waals surface area (Å²) in [6.45, 7) is 10.8. The van der Waals surface area contributed by atoms with Gasteiger partial charge in [0.15, 0.2) is 0 Å². The zero-order chi connectivity index (χ0) is 23.2. The third-order valence-electron chi connectivity index (χ3n) is 3.23. The predicted octanol–water partition coefficient (Wildman–Crippen LogP) is 1.09. The van der Waals surface area contributed by atoms with E-state index in [0.29, 0.717) is 79.2 Å². The van der Waals surface area contributed by atoms with E-state index in [2.05, 4.69) is 5.32 Å². The van der Waals surface area contributed by atoms with Gasteiger partial charge in [-0.3, -0.25) is 4.79 Å². The third-order valence-corrected chi connectivity index (χ3v) is 3.23. The van der Waals surface area contributed by atoms with Crippen molar-refractivity contribution in [2.75, 3.05) is 85.8 Å². The van der Waals surface area contributed by atoms with Gasteiger partial charge in [-0.1, -0.05) is 0 Å². The molecule has 11 nitrogen and oxygen atoms in total. The van der Waals surface area contributed by atoms with E-state index in [0.717, 1.165) is 0 Å². The molecule has 0 aliphatic carbocycles. The topological polar surface area (TPSA) is 131 Å². The van der Waals surface area contributed by atoms with Crippen LogP contribution in [0.3, 0.4) is 0 Å². The van der Waals surface area contributed by atoms with Gasteiger partial charge in [-0.05, 0) is 20.8 Å². The molecule has 0 bridgehead atoms. The van der Waals surface area contributed by atoms with Gasteiger partial charge in [0.05, 0.1) is 85.7 Å². The number of rotatable bonds is 21. The average Bonchev–Trinajstić information content (AvgIpc) is 2.67. The number of ether oxygens (including phenoxy) is 7. The number of nitrogens with one attached hydrogen (secondary N) is 1. The van der Waals surface area contributed by atoms with E-state index in [1.54, 1.807) is 0 Å². The van der Waals surface area contributed by atoms with Crippen molar-refractivity contribution >= 4 is 12.1 Å². The maximum atomic E-state index is 11.4. The fraction of sp³-hybridized carbons (Fsp3) is 0.900. The molecule has 0 saturated heterocycles. The summed E-state index contributed by atoms with van der Waals surface area (Å²) >= 11 is 0. The first-order chi connectivity index (χ1) is 14.8. The highest BCUT2D eigenvalue weighted by Gasteiger charge is 2.15. The summed E-state index contributed by atoms with van der Waals surface area (Å²) in [6.07, 6.45) is -0.461. The number of amides is 1. The van der Waals surface area contributed by atoms with Crippen LogP contribution in [0, 0.1) is 0 Å². The highest BCUT2D eigenvalue weighted by Crippen LogP contribution is 2.05. The molecule has 0 aliphatic rings. The second-order valence-electron chi connectivity index (χ2n) is 7.25. The Kier molecular flexibility index (Phi) is 19.4. The number of hydrogen-bond donors (Lipinski definition) is 2. The van der Waals surface area contributed by atoms with Crippen LogP contribution in [-0.4, -0.2) is 109 Å². The van der Waals surface area contributed by atoms with E-state index >= 15 is 0 Å². The molecule has 0 atom stereocenters. The molecule has 31 heavy (non-hydrogen) atoms. The van der Waals surface area contributed by atoms with E-state index in [1.807, 2.05) is 20.8 Å². The van der Waals surface area contributed by atoms with Gasteiger partial charge in [-0.25, -0.2) is 4.79 Å². The second-order valence-corrected chi connectivity index (χ2v) is 7.25. The minimum atomic E-state index is -0.876. The van der Waals surface area contributed by atoms with E-state index in [4.69, 9.17) is 38.3 Å². The van der Waals surface area contributed by atoms with Gasteiger partial charge < -0.3 is 43.6 Å². The maximum Gasteiger partial charge on any atom is 0.407 e. The lowest BCUT2D eigenvalue weighted by atomic mass is 10.2. The smallest absolute Gasteiger partial charge is 0.407 e. The molecule has 0 radical (unpaired) electrons. The molecule has 11 heteroatoms. The molecular formula is C20H39NO10. The Morgan fingerprint density at radius 2 is 1.00 bits per heavy atom. The third kappa shape index (κ3) is 26.5. The van der Waals surface area contributed by atoms with Crippen molar-refractivity contribution in [1.82, 2.24) is 5.32 Å². The van der Waals surface area contributed by atoms with Crippen LogP contribution in [0.2, 0.25) is 0 Å². The Balaban J connectivity index is 3.13. The molecule has 1 amide bonds. The SMILES string of the molecule is CC(C)(C)OC(=O)NCCOCCOCCOCCOCCOCCOCCC(=O)O. The van der Waals surface area contributed by atoms with Crippen molar-refractivity contribution < 1.29 is 47.9 Å². The van der Waals surface area contributed by atoms with Gasteiger partial charge in [-0.15, -0.1) is 0 Å². The van der Waals surface area contributed by atoms with Crippen molar-refractivity contribution in [3.63, 3.8) is 0 Å². The lowest BCUT2D eigenvalue weighted by Gasteiger charge is -2.19. The Labute approximate surface area is 184 Å². The van der Waals surface area contributed by atoms with Crippen LogP contribution in [0.15, 0.2) is 0 Å². The molecule has 0 aromatic carbocycles. The Morgan fingerprint density at radius 3 is 1.35 bits per heavy atom. The number of carbonyl (C=O) groups is 2. The van der Waals surface area contributed by atoms with Crippen LogP contribution in [0.25, 0.3) is 0 Å². The molecule has 0 rings (SSSR count). The van der Waals surface area contributed by atoms with Crippen LogP contribution in [-0.2, 0) is 38.0 Å². The van der Waals surface area contributed by atoms with Crippen molar-refractivity contribution in [2.45, 2.75) is 32.8 Å². The molecular weight excluding hydrogens is 414 g/mol. The van der Waals surface area contributed by atoms with Crippen molar-refractivity contribution in [3.05, 3.63) is 0 Å². The molecule has 0 aromatic heterocycles. The van der Waals surface area contributed by atoms with E-state index in [1.165, 1.54) is 0 Å². The summed E-state index contributed by atoms with van der Waals surface area (Å²) in [5.41, 5.74) is -0.510. The molecule has 0 unspecified atom stereocenters. The number of alkyl carbamates (subject to hydrolysis) is 1. The maximum absolute atomic E-state index is 11.4. The fourth-order valence-electron chi connectivity index (χ4n) is 1.90. The molecule has 0 saturated carbocycles. The van der Waals surface area contributed by atoms with E-state index in [9.17, 15) is 9.59 Å². The number of carboxylic acid groups (broad SMARTS) is 1. The standard InChI is InChI=1S/C20H39NO10/c1-20(2,3)31-19(24)21-5-7-26-9-11-28-13-15-30-17-16-29-14-12-27-10-8-25-6-4-18(22)23/h4-17H2,1-3H3,(H,21,24)(H,22,23). The van der Waals surface area contributed by atoms with Gasteiger partial charge in [0.1, 0.15) is 5.60 Å². The number of carboxylic acids is 1. The highest BCUT2D eigenvalue weighted by atomic mass is 16.6. The second kappa shape index (κ2) is 20.4. The molecule has 2 N–H and O–H groups in total. The van der Waals surface area contributed by atoms with Gasteiger partial charge in [-0.2, -0.15) is 0 Å². The summed E-state index contributed by atoms with van der Waals surface area (Å²) in [5.74, 6) is -0.876. The van der Waals surface area contributed by atoms with E-state index < -0.39 is 17.7 Å². The monoisotopic (exact) mass is 453 g/mol. The average molecular weight is 454 g/mol. The van der Waals surface area contributed by atoms with Gasteiger partial charge in [0.25, 0.3) is 0 Å². The summed E-state index contributed by atoms with van der Waals surface area (Å²) < 4.78 is 36.9. The fourth-order valence-corrected chi connectivity index (χ4v) is 1.90. The summed E-state index contributed by atoms with van der Waals surface area (Å²) in [4.78, 5) is 21.7. The molecule has 184 valence electrons. The lowest BCUT2D eigenvalue weighted by molar-refractivity contribution is -0.138. The Bertz CT molecular complexity index is 442. The minimum Gasteiger partial charge on any atom is -0.481 e. The van der Waals surface area contributed by atoms with Crippen LogP contribution in [0.5, 0.6) is 0 Å². The van der Waals surface area contributed by atoms with Crippen LogP contribution < -0.4 is 5.32 Å². The van der Waals surface area contributed by atoms with Gasteiger partial charge in [0, 0.05) is 6.54 Å². The zero-order valence-electron chi connectivity index (χ0n) is 19.0. The first-order valence-electron chi connectivity index (χ1n) is 10.5. The quantitative estimate of drug-likeness (QED) is 0.243. The lowest BCUT2D eigenvalue weighted by Crippen LogP contribution is -2.34. The zero-order valence-corrected chi connectivity index (χ0v) is 19.0. The molecule has 0 spiro atoms. The summed E-state index contributed by atoms with van der Waals surface area (Å²) in [6, 6.07) is 0. The first kappa shape index (κ1) is 29.5. The number of aliphatic carboxylic acids is 1. The van der Waals surface area contributed by atoms with Gasteiger partial charge in [0.2, 0.25) is 0 Å². The molecule has 0 heterocycles. The van der Waals surface area contributed by atoms with Crippen molar-refractivity contribution in [1.29, 1.82) is 0 Å². The normalized spacial score (nSPS) is 11.5. The Morgan fingerprint density at radius 1 is 0.645 bits per heavy atom. The van der Waals surface area contributed by atoms with Crippen LogP contribution in [0.4, 0.5) is 4.79 Å². The Hall–Kier alpha value is -1.50. The largest absolute Gasteiger partial charge is 0.481 e. The minimum absolute atomic E-state index is 0.00295. The predicted molar refractivity (Wildman–Crippen MR) is 111 cm³/mol. The summed E-state index contributed by atoms with van der Waals surface area (Å²) in [5, 5.41) is 11.0. The van der Waals surface area contributed by atoms with Crippen LogP contribution >= 0.6 is 0 Å². The van der Waals surface area contributed by atoms with E-state index in [-0.39, 0.29) is 13.0 Å². The number of hydrogen-bond acceptors (Lipinski definition) is 9. The van der Waals surface area contributed by atoms with Crippen LogP contribution in [0.1, 0.15) is 27.2 Å². The van der Waals surface area contributed by atoms with Gasteiger partial charge >= 0.3 is 12.1 Å². The van der Waals surface area contributed by atoms with Crippen molar-refractivity contribution in [2.24, 2.45) is 0 Å².